The van der Waals surface area contributed by atoms with Crippen LogP contribution < -0.4 is 21.9 Å². The molecule has 45 heavy (non-hydrogen) atoms. The Balaban J connectivity index is 1.29. The number of rotatable bonds is 10. The van der Waals surface area contributed by atoms with Crippen molar-refractivity contribution in [3.05, 3.63) is 64.1 Å². The van der Waals surface area contributed by atoms with Crippen LogP contribution in [0.5, 0.6) is 0 Å². The lowest BCUT2D eigenvalue weighted by Gasteiger charge is -2.19. The molecule has 7 N–H and O–H groups in total. The minimum atomic E-state index is -4.28. The minimum absolute atomic E-state index is 0.0317. The van der Waals surface area contributed by atoms with Gasteiger partial charge in [0.15, 0.2) is 12.3 Å². The number of nitrogens with one attached hydrogen (secondary N) is 3. The van der Waals surface area contributed by atoms with Crippen molar-refractivity contribution in [2.45, 2.75) is 38.2 Å². The van der Waals surface area contributed by atoms with Gasteiger partial charge in [-0.2, -0.15) is 4.98 Å². The van der Waals surface area contributed by atoms with Crippen LogP contribution in [0.1, 0.15) is 29.6 Å². The molecule has 1 fully saturated rings. The third-order valence-corrected chi connectivity index (χ3v) is 8.68. The average Bonchev–Trinajstić information content (AvgIpc) is 3.71. The van der Waals surface area contributed by atoms with Gasteiger partial charge in [0.05, 0.1) is 30.1 Å². The molecule has 1 aliphatic heterocycles. The summed E-state index contributed by atoms with van der Waals surface area (Å²) in [5.41, 5.74) is 8.13. The van der Waals surface area contributed by atoms with E-state index in [9.17, 15) is 24.2 Å². The number of nitrogens with zero attached hydrogens (tertiary/aromatic N) is 4. The Labute approximate surface area is 257 Å². The van der Waals surface area contributed by atoms with Crippen molar-refractivity contribution in [3.8, 4) is 11.8 Å². The lowest BCUT2D eigenvalue weighted by atomic mass is 10.1. The predicted octanol–water partition coefficient (Wildman–Crippen LogP) is 1.35. The Morgan fingerprint density at radius 1 is 1.33 bits per heavy atom. The van der Waals surface area contributed by atoms with E-state index in [0.717, 1.165) is 21.3 Å². The number of H-pyrrole nitrogens is 1. The van der Waals surface area contributed by atoms with E-state index < -0.39 is 44.3 Å². The second kappa shape index (κ2) is 13.1. The number of aliphatic hydroxyl groups excluding tert-OH is 1. The molecule has 1 aliphatic rings. The van der Waals surface area contributed by atoms with E-state index in [-0.39, 0.29) is 47.8 Å². The topological polar surface area (TPSA) is 221 Å². The number of fused-ring (bicyclic) bond motifs is 1. The molecule has 0 radical (unpaired) electrons. The van der Waals surface area contributed by atoms with Crippen LogP contribution in [0.15, 0.2) is 41.6 Å². The van der Waals surface area contributed by atoms with Crippen LogP contribution in [0.3, 0.4) is 0 Å². The number of aryl methyl sites for hydroxylation is 1. The Morgan fingerprint density at radius 2 is 2.13 bits per heavy atom. The fraction of sp³-hybridized carbons (Fsp3) is 0.357. The van der Waals surface area contributed by atoms with Gasteiger partial charge in [-0.1, -0.05) is 17.9 Å². The summed E-state index contributed by atoms with van der Waals surface area (Å²) in [6, 6.07) is 5.56. The molecule has 0 bridgehead atoms. The SMILES string of the molecule is CNc1ccc(CC(=O)OCC#Cc2cn([C@H]3C[C@@H](O)[C@@H](COP(=O)(O)n4ccnc4C)O3)c3nc(N)[nH]c(=O)c23)c(NC)c1. The summed E-state index contributed by atoms with van der Waals surface area (Å²) in [5.74, 6) is 5.26. The van der Waals surface area contributed by atoms with Crippen LogP contribution in [0, 0.1) is 18.8 Å². The summed E-state index contributed by atoms with van der Waals surface area (Å²) in [6.45, 7) is 0.923. The number of hydrogen-bond acceptors (Lipinski definition) is 12. The zero-order valence-corrected chi connectivity index (χ0v) is 25.6. The zero-order chi connectivity index (χ0) is 32.3. The molecule has 0 aliphatic carbocycles. The first-order valence-corrected chi connectivity index (χ1v) is 15.4. The number of esters is 1. The van der Waals surface area contributed by atoms with Gasteiger partial charge in [-0.15, -0.1) is 0 Å². The number of carbonyl (C=O) groups excluding carboxylic acids is 1. The quantitative estimate of drug-likeness (QED) is 0.0820. The van der Waals surface area contributed by atoms with E-state index in [4.69, 9.17) is 19.7 Å². The average molecular weight is 641 g/mol. The largest absolute Gasteiger partial charge is 0.452 e. The monoisotopic (exact) mass is 640 g/mol. The number of imidazole rings is 1. The lowest BCUT2D eigenvalue weighted by molar-refractivity contribution is -0.141. The number of hydrogen-bond donors (Lipinski definition) is 6. The van der Waals surface area contributed by atoms with Gasteiger partial charge >= 0.3 is 13.7 Å². The van der Waals surface area contributed by atoms with Crippen molar-refractivity contribution in [2.24, 2.45) is 0 Å². The molecule has 3 aromatic heterocycles. The third-order valence-electron chi connectivity index (χ3n) is 7.23. The first-order valence-electron chi connectivity index (χ1n) is 13.9. The zero-order valence-electron chi connectivity index (χ0n) is 24.7. The summed E-state index contributed by atoms with van der Waals surface area (Å²) in [5, 5.41) is 16.9. The van der Waals surface area contributed by atoms with E-state index in [2.05, 4.69) is 37.4 Å². The van der Waals surface area contributed by atoms with Crippen molar-refractivity contribution < 1.29 is 33.4 Å². The molecular weight excluding hydrogens is 607 g/mol. The fourth-order valence-corrected chi connectivity index (χ4v) is 6.08. The third kappa shape index (κ3) is 6.88. The Bertz CT molecular complexity index is 1890. The molecule has 0 saturated carbocycles. The van der Waals surface area contributed by atoms with Gasteiger partial charge < -0.3 is 40.4 Å². The standard InChI is InChI=1S/C28H33N8O8P/c1-16-32-8-9-36(16)45(40,41)43-15-22-21(37)13-23(44-22)35-14-18(25-26(35)33-28(29)34-27(25)39)5-4-10-42-24(38)11-17-6-7-19(30-2)12-20(17)31-3/h6-9,12,14,21-23,30-31,37H,10-11,13,15H2,1-3H3,(H,40,41)(H3,29,33,34,39)/t21-,22-,23-/m1/s1. The van der Waals surface area contributed by atoms with Gasteiger partial charge in [-0.25, -0.2) is 13.9 Å². The smallest absolute Gasteiger partial charge is 0.437 e. The summed E-state index contributed by atoms with van der Waals surface area (Å²) in [7, 11) is -0.718. The lowest BCUT2D eigenvalue weighted by Crippen LogP contribution is -2.26. The number of aliphatic hydroxyl groups is 1. The van der Waals surface area contributed by atoms with E-state index >= 15 is 0 Å². The number of aromatic nitrogens is 5. The molecule has 0 amide bonds. The summed E-state index contributed by atoms with van der Waals surface area (Å²) >= 11 is 0. The van der Waals surface area contributed by atoms with E-state index in [0.29, 0.717) is 0 Å². The van der Waals surface area contributed by atoms with E-state index in [1.54, 1.807) is 21.0 Å². The highest BCUT2D eigenvalue weighted by atomic mass is 31.2. The van der Waals surface area contributed by atoms with Gasteiger partial charge in [-0.3, -0.25) is 19.1 Å². The van der Waals surface area contributed by atoms with Gasteiger partial charge in [0.25, 0.3) is 5.56 Å². The second-order valence-electron chi connectivity index (χ2n) is 10.1. The van der Waals surface area contributed by atoms with E-state index in [1.807, 2.05) is 18.2 Å². The molecule has 17 heteroatoms. The van der Waals surface area contributed by atoms with Crippen molar-refractivity contribution in [3.63, 3.8) is 0 Å². The highest BCUT2D eigenvalue weighted by Gasteiger charge is 2.38. The Hall–Kier alpha value is -4.65. The summed E-state index contributed by atoms with van der Waals surface area (Å²) in [6.07, 6.45) is 1.43. The molecule has 238 valence electrons. The van der Waals surface area contributed by atoms with Crippen LogP contribution in [-0.4, -0.2) is 79.3 Å². The first-order chi connectivity index (χ1) is 21.5. The number of anilines is 3. The molecule has 1 unspecified atom stereocenters. The fourth-order valence-electron chi connectivity index (χ4n) is 4.97. The van der Waals surface area contributed by atoms with Crippen molar-refractivity contribution in [2.75, 3.05) is 43.7 Å². The molecule has 0 spiro atoms. The van der Waals surface area contributed by atoms with Crippen molar-refractivity contribution in [1.82, 2.24) is 23.9 Å². The van der Waals surface area contributed by atoms with Crippen molar-refractivity contribution in [1.29, 1.82) is 0 Å². The Kier molecular flexibility index (Phi) is 9.28. The highest BCUT2D eigenvalue weighted by Crippen LogP contribution is 2.45. The van der Waals surface area contributed by atoms with Crippen LogP contribution in [0.2, 0.25) is 0 Å². The summed E-state index contributed by atoms with van der Waals surface area (Å²) in [4.78, 5) is 46.3. The number of nitrogens with two attached hydrogens (primary N) is 1. The number of aromatic amines is 1. The van der Waals surface area contributed by atoms with Gasteiger partial charge in [0.2, 0.25) is 5.95 Å². The van der Waals surface area contributed by atoms with Gasteiger partial charge in [0.1, 0.15) is 18.2 Å². The normalized spacial score (nSPS) is 19.1. The first kappa shape index (κ1) is 31.8. The van der Waals surface area contributed by atoms with Crippen molar-refractivity contribution >= 4 is 42.1 Å². The Morgan fingerprint density at radius 3 is 2.84 bits per heavy atom. The molecule has 1 aromatic carbocycles. The predicted molar refractivity (Wildman–Crippen MR) is 165 cm³/mol. The van der Waals surface area contributed by atoms with Crippen LogP contribution >= 0.6 is 7.75 Å². The van der Waals surface area contributed by atoms with Gasteiger partial charge in [-0.05, 0) is 24.6 Å². The van der Waals surface area contributed by atoms with Crippen LogP contribution in [0.25, 0.3) is 11.0 Å². The number of carbonyl (C=O) groups is 1. The maximum Gasteiger partial charge on any atom is 0.437 e. The minimum Gasteiger partial charge on any atom is -0.452 e. The molecule has 5 rings (SSSR count). The molecule has 4 aromatic rings. The maximum atomic E-state index is 12.9. The van der Waals surface area contributed by atoms with Crippen LogP contribution in [0.4, 0.5) is 17.3 Å². The molecule has 16 nitrogen and oxygen atoms in total. The van der Waals surface area contributed by atoms with E-state index in [1.165, 1.54) is 23.2 Å². The number of ether oxygens (including phenoxy) is 2. The molecule has 1 saturated heterocycles. The molecule has 4 atom stereocenters. The summed E-state index contributed by atoms with van der Waals surface area (Å²) < 4.78 is 31.7. The van der Waals surface area contributed by atoms with Gasteiger partial charge in [0, 0.05) is 50.5 Å². The molecule has 4 heterocycles. The van der Waals surface area contributed by atoms with Crippen LogP contribution in [-0.2, 0) is 29.8 Å². The maximum absolute atomic E-state index is 12.9. The number of nitrogen functional groups attached to an aromatic ring is 1. The second-order valence-corrected chi connectivity index (χ2v) is 11.8. The number of benzene rings is 1. The molecular formula is C28H33N8O8P. The highest BCUT2D eigenvalue weighted by molar-refractivity contribution is 7.51.